The molecule has 0 aliphatic carbocycles. The van der Waals surface area contributed by atoms with Gasteiger partial charge in [0.25, 0.3) is 0 Å². The Labute approximate surface area is 135 Å². The largest absolute Gasteiger partial charge is 0.481 e. The maximum Gasteiger partial charge on any atom is 0.322 e. The predicted molar refractivity (Wildman–Crippen MR) is 85.0 cm³/mol. The van der Waals surface area contributed by atoms with Crippen LogP contribution in [0.3, 0.4) is 0 Å². The van der Waals surface area contributed by atoms with E-state index in [1.54, 1.807) is 0 Å². The van der Waals surface area contributed by atoms with Gasteiger partial charge in [-0.3, -0.25) is 4.79 Å². The molecule has 0 radical (unpaired) electrons. The molecule has 1 aromatic heterocycles. The van der Waals surface area contributed by atoms with Gasteiger partial charge < -0.3 is 19.6 Å². The molecule has 2 fully saturated rings. The van der Waals surface area contributed by atoms with Crippen molar-refractivity contribution in [1.82, 2.24) is 15.0 Å². The van der Waals surface area contributed by atoms with E-state index >= 15 is 0 Å². The van der Waals surface area contributed by atoms with Gasteiger partial charge in [0.1, 0.15) is 0 Å². The molecule has 0 bridgehead atoms. The molecule has 3 rings (SSSR count). The van der Waals surface area contributed by atoms with E-state index in [1.807, 2.05) is 4.90 Å². The Kier molecular flexibility index (Phi) is 4.78. The van der Waals surface area contributed by atoms with Crippen LogP contribution in [0.1, 0.15) is 32.1 Å². The van der Waals surface area contributed by atoms with Crippen LogP contribution in [0.4, 0.5) is 11.9 Å². The second kappa shape index (κ2) is 6.97. The highest BCUT2D eigenvalue weighted by Crippen LogP contribution is 2.25. The van der Waals surface area contributed by atoms with E-state index in [4.69, 9.17) is 9.84 Å². The normalized spacial score (nSPS) is 22.0. The molecule has 0 aromatic carbocycles. The van der Waals surface area contributed by atoms with Crippen molar-refractivity contribution in [3.05, 3.63) is 0 Å². The highest BCUT2D eigenvalue weighted by Gasteiger charge is 2.30. The fourth-order valence-electron chi connectivity index (χ4n) is 3.12. The molecule has 2 saturated heterocycles. The number of rotatable bonds is 4. The third kappa shape index (κ3) is 3.62. The average Bonchev–Trinajstić information content (AvgIpc) is 2.91. The fourth-order valence-corrected chi connectivity index (χ4v) is 3.12. The van der Waals surface area contributed by atoms with Crippen LogP contribution < -0.4 is 14.5 Å². The number of aliphatic carboxylic acids is 1. The molecule has 1 unspecified atom stereocenters. The minimum absolute atomic E-state index is 0.285. The quantitative estimate of drug-likeness (QED) is 0.883. The Bertz CT molecular complexity index is 560. The molecule has 2 aliphatic heterocycles. The summed E-state index contributed by atoms with van der Waals surface area (Å²) in [6.45, 7) is 2.94. The smallest absolute Gasteiger partial charge is 0.322 e. The molecule has 23 heavy (non-hydrogen) atoms. The second-order valence-corrected chi connectivity index (χ2v) is 6.09. The van der Waals surface area contributed by atoms with Crippen LogP contribution in [-0.2, 0) is 4.79 Å². The third-order valence-electron chi connectivity index (χ3n) is 4.48. The van der Waals surface area contributed by atoms with Crippen molar-refractivity contribution in [2.45, 2.75) is 32.1 Å². The molecule has 1 aromatic rings. The molecule has 8 heteroatoms. The van der Waals surface area contributed by atoms with Gasteiger partial charge in [0.15, 0.2) is 0 Å². The molecule has 1 N–H and O–H groups in total. The van der Waals surface area contributed by atoms with Crippen molar-refractivity contribution in [2.75, 3.05) is 43.1 Å². The topological polar surface area (TPSA) is 91.7 Å². The molecule has 1 atom stereocenters. The minimum Gasteiger partial charge on any atom is -0.481 e. The Morgan fingerprint density at radius 3 is 2.26 bits per heavy atom. The van der Waals surface area contributed by atoms with Crippen molar-refractivity contribution >= 4 is 17.9 Å². The summed E-state index contributed by atoms with van der Waals surface area (Å²) >= 11 is 0. The van der Waals surface area contributed by atoms with Crippen LogP contribution in [0.2, 0.25) is 0 Å². The zero-order valence-corrected chi connectivity index (χ0v) is 13.4. The van der Waals surface area contributed by atoms with Crippen molar-refractivity contribution < 1.29 is 14.6 Å². The maximum atomic E-state index is 11.1. The van der Waals surface area contributed by atoms with Crippen LogP contribution in [0, 0.1) is 5.92 Å². The fraction of sp³-hybridized carbons (Fsp3) is 0.733. The lowest BCUT2D eigenvalue weighted by atomic mass is 10.1. The van der Waals surface area contributed by atoms with E-state index in [2.05, 4.69) is 19.9 Å². The Morgan fingerprint density at radius 1 is 1.04 bits per heavy atom. The van der Waals surface area contributed by atoms with Crippen molar-refractivity contribution in [3.8, 4) is 6.01 Å². The zero-order valence-electron chi connectivity index (χ0n) is 13.4. The van der Waals surface area contributed by atoms with E-state index in [-0.39, 0.29) is 11.9 Å². The minimum atomic E-state index is -0.763. The summed E-state index contributed by atoms with van der Waals surface area (Å²) in [5.74, 6) is 0.0213. The van der Waals surface area contributed by atoms with E-state index < -0.39 is 5.97 Å². The first-order valence-corrected chi connectivity index (χ1v) is 8.20. The first-order valence-electron chi connectivity index (χ1n) is 8.20. The first kappa shape index (κ1) is 15.8. The van der Waals surface area contributed by atoms with Crippen LogP contribution in [0.25, 0.3) is 0 Å². The summed E-state index contributed by atoms with van der Waals surface area (Å²) in [5, 5.41) is 9.16. The molecule has 0 spiro atoms. The molecule has 3 heterocycles. The average molecular weight is 321 g/mol. The second-order valence-electron chi connectivity index (χ2n) is 6.09. The highest BCUT2D eigenvalue weighted by atomic mass is 16.5. The van der Waals surface area contributed by atoms with Gasteiger partial charge in [-0.25, -0.2) is 0 Å². The molecular weight excluding hydrogens is 298 g/mol. The van der Waals surface area contributed by atoms with Gasteiger partial charge in [-0.1, -0.05) is 12.8 Å². The van der Waals surface area contributed by atoms with Gasteiger partial charge in [-0.05, 0) is 19.3 Å². The molecule has 0 saturated carbocycles. The number of ether oxygens (including phenoxy) is 1. The summed E-state index contributed by atoms with van der Waals surface area (Å²) in [4.78, 5) is 28.5. The highest BCUT2D eigenvalue weighted by molar-refractivity contribution is 5.71. The molecule has 126 valence electrons. The monoisotopic (exact) mass is 321 g/mol. The Balaban J connectivity index is 1.83. The van der Waals surface area contributed by atoms with Gasteiger partial charge >= 0.3 is 12.0 Å². The van der Waals surface area contributed by atoms with Gasteiger partial charge in [0.05, 0.1) is 13.0 Å². The van der Waals surface area contributed by atoms with Crippen LogP contribution in [0.5, 0.6) is 6.01 Å². The molecule has 0 amide bonds. The summed E-state index contributed by atoms with van der Waals surface area (Å²) in [7, 11) is 1.54. The van der Waals surface area contributed by atoms with Crippen LogP contribution in [0.15, 0.2) is 0 Å². The summed E-state index contributed by atoms with van der Waals surface area (Å²) in [5.41, 5.74) is 0. The van der Waals surface area contributed by atoms with Gasteiger partial charge in [0.2, 0.25) is 11.9 Å². The SMILES string of the molecule is COc1nc(N2CCCCCC2)nc(N2CCC(C(=O)O)C2)n1. The van der Waals surface area contributed by atoms with Crippen molar-refractivity contribution in [1.29, 1.82) is 0 Å². The lowest BCUT2D eigenvalue weighted by Gasteiger charge is -2.22. The lowest BCUT2D eigenvalue weighted by Crippen LogP contribution is -2.29. The summed E-state index contributed by atoms with van der Waals surface area (Å²) in [6.07, 6.45) is 5.35. The third-order valence-corrected chi connectivity index (χ3v) is 4.48. The van der Waals surface area contributed by atoms with Crippen LogP contribution >= 0.6 is 0 Å². The number of hydrogen-bond donors (Lipinski definition) is 1. The van der Waals surface area contributed by atoms with Crippen molar-refractivity contribution in [2.24, 2.45) is 5.92 Å². The standard InChI is InChI=1S/C15H23N5O3/c1-23-15-17-13(19-7-4-2-3-5-8-19)16-14(18-15)20-9-6-11(10-20)12(21)22/h11H,2-10H2,1H3,(H,21,22). The number of carbonyl (C=O) groups is 1. The molecule has 2 aliphatic rings. The van der Waals surface area contributed by atoms with E-state index in [0.717, 1.165) is 25.9 Å². The number of nitrogens with zero attached hydrogens (tertiary/aromatic N) is 5. The number of carboxylic acids is 1. The number of anilines is 2. The van der Waals surface area contributed by atoms with Gasteiger partial charge in [-0.2, -0.15) is 15.0 Å². The summed E-state index contributed by atoms with van der Waals surface area (Å²) in [6, 6.07) is 0.285. The first-order chi connectivity index (χ1) is 11.2. The lowest BCUT2D eigenvalue weighted by molar-refractivity contribution is -0.140. The van der Waals surface area contributed by atoms with E-state index in [0.29, 0.717) is 31.4 Å². The van der Waals surface area contributed by atoms with E-state index in [9.17, 15) is 4.79 Å². The molecule has 8 nitrogen and oxygen atoms in total. The van der Waals surface area contributed by atoms with Crippen LogP contribution in [-0.4, -0.2) is 59.3 Å². The maximum absolute atomic E-state index is 11.1. The number of hydrogen-bond acceptors (Lipinski definition) is 7. The van der Waals surface area contributed by atoms with Gasteiger partial charge in [-0.15, -0.1) is 0 Å². The molecular formula is C15H23N5O3. The Morgan fingerprint density at radius 2 is 1.70 bits per heavy atom. The Hall–Kier alpha value is -2.12. The zero-order chi connectivity index (χ0) is 16.2. The number of carboxylic acid groups (broad SMARTS) is 1. The summed E-state index contributed by atoms with van der Waals surface area (Å²) < 4.78 is 5.22. The van der Waals surface area contributed by atoms with Gasteiger partial charge in [0, 0.05) is 26.2 Å². The number of aromatic nitrogens is 3. The number of methoxy groups -OCH3 is 1. The van der Waals surface area contributed by atoms with E-state index in [1.165, 1.54) is 20.0 Å². The van der Waals surface area contributed by atoms with Crippen molar-refractivity contribution in [3.63, 3.8) is 0 Å². The predicted octanol–water partition coefficient (Wildman–Crippen LogP) is 1.17.